The summed E-state index contributed by atoms with van der Waals surface area (Å²) in [6.07, 6.45) is 0. The van der Waals surface area contributed by atoms with Crippen LogP contribution in [0.15, 0.2) is 18.2 Å². The molecule has 1 amide bonds. The van der Waals surface area contributed by atoms with Gasteiger partial charge in [0.25, 0.3) is 5.91 Å². The molecule has 1 aromatic carbocycles. The summed E-state index contributed by atoms with van der Waals surface area (Å²) < 4.78 is 1.88. The average molecular weight is 288 g/mol. The Kier molecular flexibility index (Phi) is 4.26. The summed E-state index contributed by atoms with van der Waals surface area (Å²) in [5.74, 6) is 1.51. The van der Waals surface area contributed by atoms with Gasteiger partial charge in [-0.15, -0.1) is 10.2 Å². The predicted octanol–water partition coefficient (Wildman–Crippen LogP) is 1.88. The summed E-state index contributed by atoms with van der Waals surface area (Å²) in [7, 11) is 1.88. The van der Waals surface area contributed by atoms with Crippen LogP contribution >= 0.6 is 0 Å². The molecule has 21 heavy (non-hydrogen) atoms. The van der Waals surface area contributed by atoms with Gasteiger partial charge in [0.1, 0.15) is 11.6 Å². The normalized spacial score (nSPS) is 10.9. The Bertz CT molecular complexity index is 662. The highest BCUT2D eigenvalue weighted by Gasteiger charge is 2.15. The minimum absolute atomic E-state index is 0.0100. The molecule has 0 spiro atoms. The zero-order chi connectivity index (χ0) is 15.6. The van der Waals surface area contributed by atoms with Gasteiger partial charge in [-0.25, -0.2) is 0 Å². The van der Waals surface area contributed by atoms with Crippen molar-refractivity contribution in [3.05, 3.63) is 41.0 Å². The van der Waals surface area contributed by atoms with E-state index in [1.807, 2.05) is 25.5 Å². The summed E-state index contributed by atoms with van der Waals surface area (Å²) in [5.41, 5.74) is 0.935. The lowest BCUT2D eigenvalue weighted by Crippen LogP contribution is -2.24. The molecule has 0 bridgehead atoms. The van der Waals surface area contributed by atoms with Crippen LogP contribution in [0.3, 0.4) is 0 Å². The van der Waals surface area contributed by atoms with Crippen LogP contribution in [-0.2, 0) is 13.6 Å². The highest BCUT2D eigenvalue weighted by molar-refractivity contribution is 5.97. The van der Waals surface area contributed by atoms with E-state index in [4.69, 9.17) is 0 Å². The molecule has 6 heteroatoms. The van der Waals surface area contributed by atoms with Crippen molar-refractivity contribution < 1.29 is 9.90 Å². The van der Waals surface area contributed by atoms with E-state index in [1.165, 1.54) is 0 Å². The molecule has 0 saturated heterocycles. The van der Waals surface area contributed by atoms with Crippen LogP contribution in [-0.4, -0.2) is 25.8 Å². The molecular formula is C15H20N4O2. The first-order chi connectivity index (χ1) is 9.91. The van der Waals surface area contributed by atoms with Crippen LogP contribution in [0.5, 0.6) is 5.75 Å². The third-order valence-corrected chi connectivity index (χ3v) is 3.40. The Morgan fingerprint density at radius 2 is 2.10 bits per heavy atom. The van der Waals surface area contributed by atoms with Crippen LogP contribution in [0.1, 0.15) is 47.3 Å². The number of carbonyl (C=O) groups is 1. The van der Waals surface area contributed by atoms with E-state index in [9.17, 15) is 9.90 Å². The summed E-state index contributed by atoms with van der Waals surface area (Å²) in [4.78, 5) is 12.1. The van der Waals surface area contributed by atoms with Gasteiger partial charge in [0, 0.05) is 13.0 Å². The maximum atomic E-state index is 12.1. The van der Waals surface area contributed by atoms with Gasteiger partial charge in [-0.1, -0.05) is 26.0 Å². The second-order valence-electron chi connectivity index (χ2n) is 5.34. The predicted molar refractivity (Wildman–Crippen MR) is 79.1 cm³/mol. The first kappa shape index (κ1) is 15.0. The molecule has 2 N–H and O–H groups in total. The maximum Gasteiger partial charge on any atom is 0.255 e. The lowest BCUT2D eigenvalue weighted by atomic mass is 10.1. The number of phenols is 1. The molecule has 0 saturated carbocycles. The van der Waals surface area contributed by atoms with E-state index in [0.717, 1.165) is 5.82 Å². The molecule has 2 rings (SSSR count). The van der Waals surface area contributed by atoms with Crippen LogP contribution < -0.4 is 5.32 Å². The molecule has 0 fully saturated rings. The Balaban J connectivity index is 2.10. The Hall–Kier alpha value is -2.37. The number of phenolic OH excluding ortho intramolecular Hbond substituents is 1. The van der Waals surface area contributed by atoms with Gasteiger partial charge in [0.2, 0.25) is 0 Å². The van der Waals surface area contributed by atoms with Crippen molar-refractivity contribution in [3.63, 3.8) is 0 Å². The van der Waals surface area contributed by atoms with Crippen LogP contribution in [0.2, 0.25) is 0 Å². The first-order valence-corrected chi connectivity index (χ1v) is 6.86. The number of para-hydroxylation sites is 1. The van der Waals surface area contributed by atoms with Gasteiger partial charge in [0.15, 0.2) is 5.82 Å². The molecule has 2 aromatic rings. The quantitative estimate of drug-likeness (QED) is 0.900. The number of aryl methyl sites for hydroxylation is 1. The SMILES string of the molecule is Cc1cccc(C(=O)NCc2nnc(C(C)C)n2C)c1O. The van der Waals surface area contributed by atoms with Crippen molar-refractivity contribution in [2.45, 2.75) is 33.2 Å². The van der Waals surface area contributed by atoms with Gasteiger partial charge in [0.05, 0.1) is 12.1 Å². The number of hydrogen-bond donors (Lipinski definition) is 2. The zero-order valence-electron chi connectivity index (χ0n) is 12.7. The lowest BCUT2D eigenvalue weighted by molar-refractivity contribution is 0.0946. The van der Waals surface area contributed by atoms with Crippen LogP contribution in [0.25, 0.3) is 0 Å². The fraction of sp³-hybridized carbons (Fsp3) is 0.400. The first-order valence-electron chi connectivity index (χ1n) is 6.86. The number of amides is 1. The van der Waals surface area contributed by atoms with Crippen molar-refractivity contribution >= 4 is 5.91 Å². The largest absolute Gasteiger partial charge is 0.507 e. The molecule has 0 atom stereocenters. The summed E-state index contributed by atoms with van der Waals surface area (Å²) >= 11 is 0. The number of nitrogens with zero attached hydrogens (tertiary/aromatic N) is 3. The van der Waals surface area contributed by atoms with Gasteiger partial charge in [-0.2, -0.15) is 0 Å². The van der Waals surface area contributed by atoms with E-state index in [-0.39, 0.29) is 29.7 Å². The van der Waals surface area contributed by atoms with Gasteiger partial charge in [-0.05, 0) is 18.6 Å². The number of aromatic nitrogens is 3. The third-order valence-electron chi connectivity index (χ3n) is 3.40. The highest BCUT2D eigenvalue weighted by Crippen LogP contribution is 2.21. The zero-order valence-corrected chi connectivity index (χ0v) is 12.7. The van der Waals surface area contributed by atoms with Crippen molar-refractivity contribution in [1.29, 1.82) is 0 Å². The molecule has 6 nitrogen and oxygen atoms in total. The molecule has 1 aromatic heterocycles. The minimum atomic E-state index is -0.328. The van der Waals surface area contributed by atoms with Crippen LogP contribution in [0, 0.1) is 6.92 Å². The van der Waals surface area contributed by atoms with E-state index in [0.29, 0.717) is 11.4 Å². The molecular weight excluding hydrogens is 268 g/mol. The number of aromatic hydroxyl groups is 1. The molecule has 0 unspecified atom stereocenters. The lowest BCUT2D eigenvalue weighted by Gasteiger charge is -2.09. The van der Waals surface area contributed by atoms with E-state index < -0.39 is 0 Å². The molecule has 0 aliphatic carbocycles. The van der Waals surface area contributed by atoms with Crippen molar-refractivity contribution in [2.75, 3.05) is 0 Å². The topological polar surface area (TPSA) is 80.0 Å². The number of rotatable bonds is 4. The number of nitrogens with one attached hydrogen (secondary N) is 1. The van der Waals surface area contributed by atoms with Gasteiger partial charge >= 0.3 is 0 Å². The smallest absolute Gasteiger partial charge is 0.255 e. The third kappa shape index (κ3) is 3.04. The van der Waals surface area contributed by atoms with Crippen molar-refractivity contribution in [3.8, 4) is 5.75 Å². The van der Waals surface area contributed by atoms with Crippen molar-refractivity contribution in [2.24, 2.45) is 7.05 Å². The summed E-state index contributed by atoms with van der Waals surface area (Å²) in [6.45, 7) is 6.10. The second-order valence-corrected chi connectivity index (χ2v) is 5.34. The highest BCUT2D eigenvalue weighted by atomic mass is 16.3. The number of carbonyl (C=O) groups excluding carboxylic acids is 1. The standard InChI is InChI=1S/C15H20N4O2/c1-9(2)14-18-17-12(19(14)4)8-16-15(21)11-7-5-6-10(3)13(11)20/h5-7,9,20H,8H2,1-4H3,(H,16,21). The molecule has 0 radical (unpaired) electrons. The minimum Gasteiger partial charge on any atom is -0.507 e. The monoisotopic (exact) mass is 288 g/mol. The summed E-state index contributed by atoms with van der Waals surface area (Å²) in [5, 5.41) is 20.8. The van der Waals surface area contributed by atoms with Gasteiger partial charge in [-0.3, -0.25) is 4.79 Å². The van der Waals surface area contributed by atoms with Crippen LogP contribution in [0.4, 0.5) is 0 Å². The molecule has 112 valence electrons. The summed E-state index contributed by atoms with van der Waals surface area (Å²) in [6, 6.07) is 5.08. The Morgan fingerprint density at radius 1 is 1.38 bits per heavy atom. The second kappa shape index (κ2) is 5.95. The number of hydrogen-bond acceptors (Lipinski definition) is 4. The fourth-order valence-corrected chi connectivity index (χ4v) is 2.13. The molecule has 1 heterocycles. The fourth-order valence-electron chi connectivity index (χ4n) is 2.13. The van der Waals surface area contributed by atoms with E-state index in [2.05, 4.69) is 15.5 Å². The Morgan fingerprint density at radius 3 is 2.71 bits per heavy atom. The van der Waals surface area contributed by atoms with E-state index in [1.54, 1.807) is 25.1 Å². The van der Waals surface area contributed by atoms with Crippen molar-refractivity contribution in [1.82, 2.24) is 20.1 Å². The number of benzene rings is 1. The Labute approximate surface area is 123 Å². The van der Waals surface area contributed by atoms with E-state index >= 15 is 0 Å². The van der Waals surface area contributed by atoms with Gasteiger partial charge < -0.3 is 15.0 Å². The maximum absolute atomic E-state index is 12.1. The molecule has 0 aliphatic heterocycles. The molecule has 0 aliphatic rings. The average Bonchev–Trinajstić information content (AvgIpc) is 2.80.